The van der Waals surface area contributed by atoms with Crippen molar-refractivity contribution in [2.24, 2.45) is 5.92 Å². The van der Waals surface area contributed by atoms with Gasteiger partial charge in [-0.05, 0) is 25.8 Å². The van der Waals surface area contributed by atoms with E-state index in [-0.39, 0.29) is 5.92 Å². The first-order valence-electron chi connectivity index (χ1n) is 5.47. The number of rotatable bonds is 4. The number of aldehydes is 1. The molecule has 0 aromatic carbocycles. The molecule has 0 aromatic heterocycles. The van der Waals surface area contributed by atoms with Crippen molar-refractivity contribution in [3.8, 4) is 0 Å². The van der Waals surface area contributed by atoms with Crippen LogP contribution >= 0.6 is 0 Å². The van der Waals surface area contributed by atoms with Gasteiger partial charge in [-0.1, -0.05) is 20.3 Å². The van der Waals surface area contributed by atoms with Gasteiger partial charge in [-0.25, -0.2) is 0 Å². The molecule has 0 aromatic rings. The molecular formula is C11H21NO. The fourth-order valence-electron chi connectivity index (χ4n) is 2.18. The molecule has 76 valence electrons. The molecule has 1 saturated heterocycles. The van der Waals surface area contributed by atoms with Crippen LogP contribution in [-0.4, -0.2) is 30.3 Å². The zero-order valence-electron chi connectivity index (χ0n) is 8.83. The Bertz CT molecular complexity index is 158. The van der Waals surface area contributed by atoms with Crippen molar-refractivity contribution in [1.82, 2.24) is 4.90 Å². The third kappa shape index (κ3) is 3.11. The number of piperidine rings is 1. The van der Waals surface area contributed by atoms with Crippen molar-refractivity contribution in [2.75, 3.05) is 13.1 Å². The molecular weight excluding hydrogens is 162 g/mol. The van der Waals surface area contributed by atoms with Crippen LogP contribution in [0.4, 0.5) is 0 Å². The highest BCUT2D eigenvalue weighted by Crippen LogP contribution is 2.19. The van der Waals surface area contributed by atoms with Crippen LogP contribution < -0.4 is 0 Å². The van der Waals surface area contributed by atoms with Gasteiger partial charge in [0.05, 0.1) is 0 Å². The van der Waals surface area contributed by atoms with E-state index in [1.807, 2.05) is 6.92 Å². The normalized spacial score (nSPS) is 27.1. The Labute approximate surface area is 81.3 Å². The van der Waals surface area contributed by atoms with Crippen molar-refractivity contribution in [3.05, 3.63) is 0 Å². The quantitative estimate of drug-likeness (QED) is 0.622. The summed E-state index contributed by atoms with van der Waals surface area (Å²) in [6.07, 6.45) is 6.29. The number of hydrogen-bond acceptors (Lipinski definition) is 2. The Morgan fingerprint density at radius 2 is 2.31 bits per heavy atom. The Morgan fingerprint density at radius 1 is 1.54 bits per heavy atom. The summed E-state index contributed by atoms with van der Waals surface area (Å²) in [5, 5.41) is 0. The van der Waals surface area contributed by atoms with E-state index < -0.39 is 0 Å². The van der Waals surface area contributed by atoms with Crippen LogP contribution in [-0.2, 0) is 4.79 Å². The SMILES string of the molecule is CCC1CCCCN1CC(C)C=O. The highest BCUT2D eigenvalue weighted by atomic mass is 16.1. The van der Waals surface area contributed by atoms with Crippen LogP contribution in [0.25, 0.3) is 0 Å². The Balaban J connectivity index is 2.39. The second kappa shape index (κ2) is 5.38. The van der Waals surface area contributed by atoms with E-state index in [1.54, 1.807) is 0 Å². The van der Waals surface area contributed by atoms with Gasteiger partial charge in [0.15, 0.2) is 0 Å². The second-order valence-electron chi connectivity index (χ2n) is 4.17. The lowest BCUT2D eigenvalue weighted by Crippen LogP contribution is -2.41. The van der Waals surface area contributed by atoms with Crippen LogP contribution in [0.15, 0.2) is 0 Å². The molecule has 1 fully saturated rings. The van der Waals surface area contributed by atoms with Crippen LogP contribution in [0.5, 0.6) is 0 Å². The molecule has 1 aliphatic heterocycles. The summed E-state index contributed by atoms with van der Waals surface area (Å²) in [7, 11) is 0. The molecule has 1 heterocycles. The number of nitrogens with zero attached hydrogens (tertiary/aromatic N) is 1. The van der Waals surface area contributed by atoms with Crippen LogP contribution in [0.3, 0.4) is 0 Å². The molecule has 2 atom stereocenters. The standard InChI is InChI=1S/C11H21NO/c1-3-11-6-4-5-7-12(11)8-10(2)9-13/h9-11H,3-8H2,1-2H3. The molecule has 2 nitrogen and oxygen atoms in total. The molecule has 0 bridgehead atoms. The summed E-state index contributed by atoms with van der Waals surface area (Å²) < 4.78 is 0. The number of carbonyl (C=O) groups is 1. The van der Waals surface area contributed by atoms with E-state index in [1.165, 1.54) is 32.2 Å². The summed E-state index contributed by atoms with van der Waals surface area (Å²) in [6, 6.07) is 0.733. The monoisotopic (exact) mass is 183 g/mol. The maximum atomic E-state index is 10.5. The third-order valence-electron chi connectivity index (χ3n) is 2.98. The summed E-state index contributed by atoms with van der Waals surface area (Å²) in [6.45, 7) is 6.40. The molecule has 0 aliphatic carbocycles. The van der Waals surface area contributed by atoms with Crippen molar-refractivity contribution in [3.63, 3.8) is 0 Å². The number of hydrogen-bond donors (Lipinski definition) is 0. The Kier molecular flexibility index (Phi) is 4.43. The fraction of sp³-hybridized carbons (Fsp3) is 0.909. The smallest absolute Gasteiger partial charge is 0.124 e. The largest absolute Gasteiger partial charge is 0.303 e. The van der Waals surface area contributed by atoms with E-state index in [0.29, 0.717) is 0 Å². The highest BCUT2D eigenvalue weighted by molar-refractivity contribution is 5.53. The van der Waals surface area contributed by atoms with Gasteiger partial charge in [-0.15, -0.1) is 0 Å². The van der Waals surface area contributed by atoms with Gasteiger partial charge in [0.2, 0.25) is 0 Å². The van der Waals surface area contributed by atoms with E-state index >= 15 is 0 Å². The summed E-state index contributed by atoms with van der Waals surface area (Å²) in [5.41, 5.74) is 0. The lowest BCUT2D eigenvalue weighted by atomic mass is 9.99. The molecule has 0 amide bonds. The number of likely N-dealkylation sites (tertiary alicyclic amines) is 1. The first kappa shape index (κ1) is 10.7. The van der Waals surface area contributed by atoms with E-state index in [2.05, 4.69) is 11.8 Å². The molecule has 0 radical (unpaired) electrons. The van der Waals surface area contributed by atoms with E-state index in [4.69, 9.17) is 0 Å². The van der Waals surface area contributed by atoms with E-state index in [9.17, 15) is 4.79 Å². The fourth-order valence-corrected chi connectivity index (χ4v) is 2.18. The summed E-state index contributed by atoms with van der Waals surface area (Å²) in [4.78, 5) is 13.0. The van der Waals surface area contributed by atoms with Crippen molar-refractivity contribution >= 4 is 6.29 Å². The van der Waals surface area contributed by atoms with E-state index in [0.717, 1.165) is 18.9 Å². The third-order valence-corrected chi connectivity index (χ3v) is 2.98. The molecule has 0 spiro atoms. The molecule has 2 heteroatoms. The minimum absolute atomic E-state index is 0.201. The van der Waals surface area contributed by atoms with Gasteiger partial charge in [0.25, 0.3) is 0 Å². The first-order chi connectivity index (χ1) is 6.27. The summed E-state index contributed by atoms with van der Waals surface area (Å²) >= 11 is 0. The van der Waals surface area contributed by atoms with Crippen molar-refractivity contribution < 1.29 is 4.79 Å². The van der Waals surface area contributed by atoms with Crippen molar-refractivity contribution in [1.29, 1.82) is 0 Å². The van der Waals surface area contributed by atoms with Crippen LogP contribution in [0, 0.1) is 5.92 Å². The lowest BCUT2D eigenvalue weighted by Gasteiger charge is -2.35. The predicted molar refractivity (Wildman–Crippen MR) is 54.7 cm³/mol. The second-order valence-corrected chi connectivity index (χ2v) is 4.17. The highest BCUT2D eigenvalue weighted by Gasteiger charge is 2.21. The van der Waals surface area contributed by atoms with Crippen LogP contribution in [0.1, 0.15) is 39.5 Å². The average Bonchev–Trinajstić information content (AvgIpc) is 2.18. The van der Waals surface area contributed by atoms with Gasteiger partial charge in [-0.2, -0.15) is 0 Å². The van der Waals surface area contributed by atoms with Gasteiger partial charge >= 0.3 is 0 Å². The summed E-state index contributed by atoms with van der Waals surface area (Å²) in [5.74, 6) is 0.201. The zero-order chi connectivity index (χ0) is 9.68. The molecule has 2 unspecified atom stereocenters. The molecule has 0 N–H and O–H groups in total. The molecule has 1 rings (SSSR count). The van der Waals surface area contributed by atoms with Gasteiger partial charge < -0.3 is 4.79 Å². The van der Waals surface area contributed by atoms with Crippen molar-refractivity contribution in [2.45, 2.75) is 45.6 Å². The minimum atomic E-state index is 0.201. The van der Waals surface area contributed by atoms with Crippen LogP contribution in [0.2, 0.25) is 0 Å². The Hall–Kier alpha value is -0.370. The zero-order valence-corrected chi connectivity index (χ0v) is 8.83. The predicted octanol–water partition coefficient (Wildman–Crippen LogP) is 2.09. The van der Waals surface area contributed by atoms with Gasteiger partial charge in [0, 0.05) is 18.5 Å². The minimum Gasteiger partial charge on any atom is -0.303 e. The first-order valence-corrected chi connectivity index (χ1v) is 5.47. The molecule has 13 heavy (non-hydrogen) atoms. The average molecular weight is 183 g/mol. The lowest BCUT2D eigenvalue weighted by molar-refractivity contribution is -0.111. The molecule has 1 aliphatic rings. The van der Waals surface area contributed by atoms with Gasteiger partial charge in [0.1, 0.15) is 6.29 Å². The maximum Gasteiger partial charge on any atom is 0.124 e. The maximum absolute atomic E-state index is 10.5. The Morgan fingerprint density at radius 3 is 2.92 bits per heavy atom. The number of carbonyl (C=O) groups excluding carboxylic acids is 1. The van der Waals surface area contributed by atoms with Gasteiger partial charge in [-0.3, -0.25) is 4.90 Å². The topological polar surface area (TPSA) is 20.3 Å². The molecule has 0 saturated carbocycles.